The molecule has 150 valence electrons. The second-order valence-electron chi connectivity index (χ2n) is 7.07. The largest absolute Gasteiger partial charge is 0.324 e. The van der Waals surface area contributed by atoms with Crippen molar-refractivity contribution < 1.29 is 13.2 Å². The molecule has 2 aromatic carbocycles. The molecule has 3 rings (SSSR count). The average Bonchev–Trinajstić information content (AvgIpc) is 2.71. The Kier molecular flexibility index (Phi) is 6.49. The van der Waals surface area contributed by atoms with Crippen LogP contribution < -0.4 is 5.32 Å². The van der Waals surface area contributed by atoms with Gasteiger partial charge in [-0.05, 0) is 36.9 Å². The molecular formula is C21H27N3O3S. The second kappa shape index (κ2) is 8.86. The van der Waals surface area contributed by atoms with E-state index in [9.17, 15) is 13.2 Å². The van der Waals surface area contributed by atoms with E-state index in [-0.39, 0.29) is 22.6 Å². The summed E-state index contributed by atoms with van der Waals surface area (Å²) < 4.78 is 23.9. The summed E-state index contributed by atoms with van der Waals surface area (Å²) in [6.45, 7) is 5.08. The van der Waals surface area contributed by atoms with Gasteiger partial charge in [-0.1, -0.05) is 37.3 Å². The monoisotopic (exact) mass is 401 g/mol. The van der Waals surface area contributed by atoms with Crippen molar-refractivity contribution in [2.75, 3.05) is 44.3 Å². The number of benzene rings is 2. The van der Waals surface area contributed by atoms with Crippen molar-refractivity contribution >= 4 is 21.4 Å². The van der Waals surface area contributed by atoms with Crippen LogP contribution >= 0.6 is 0 Å². The maximum absolute atomic E-state index is 13.1. The molecule has 1 fully saturated rings. The predicted molar refractivity (Wildman–Crippen MR) is 111 cm³/mol. The lowest BCUT2D eigenvalue weighted by molar-refractivity contribution is -0.122. The van der Waals surface area contributed by atoms with E-state index in [4.69, 9.17) is 0 Å². The number of hydrogen-bond acceptors (Lipinski definition) is 5. The van der Waals surface area contributed by atoms with Gasteiger partial charge in [0.25, 0.3) is 0 Å². The minimum Gasteiger partial charge on any atom is -0.324 e. The van der Waals surface area contributed by atoms with Crippen LogP contribution in [0.1, 0.15) is 18.5 Å². The van der Waals surface area contributed by atoms with Crippen LogP contribution in [0.3, 0.4) is 0 Å². The third kappa shape index (κ3) is 4.79. The first-order valence-electron chi connectivity index (χ1n) is 9.52. The number of carbonyl (C=O) groups excluding carboxylic acids is 1. The van der Waals surface area contributed by atoms with Gasteiger partial charge in [0.1, 0.15) is 6.04 Å². The van der Waals surface area contributed by atoms with E-state index >= 15 is 0 Å². The van der Waals surface area contributed by atoms with Gasteiger partial charge in [0.15, 0.2) is 9.84 Å². The van der Waals surface area contributed by atoms with Crippen molar-refractivity contribution in [3.63, 3.8) is 0 Å². The van der Waals surface area contributed by atoms with Gasteiger partial charge in [0.2, 0.25) is 5.91 Å². The molecule has 1 N–H and O–H groups in total. The van der Waals surface area contributed by atoms with Crippen molar-refractivity contribution in [2.45, 2.75) is 17.9 Å². The Balaban J connectivity index is 1.80. The van der Waals surface area contributed by atoms with Crippen molar-refractivity contribution in [2.24, 2.45) is 0 Å². The normalized spacial score (nSPS) is 17.2. The van der Waals surface area contributed by atoms with Crippen molar-refractivity contribution in [1.29, 1.82) is 0 Å². The molecule has 1 heterocycles. The van der Waals surface area contributed by atoms with E-state index in [1.54, 1.807) is 31.2 Å². The summed E-state index contributed by atoms with van der Waals surface area (Å²) in [7, 11) is -1.17. The lowest BCUT2D eigenvalue weighted by Gasteiger charge is -2.37. The van der Waals surface area contributed by atoms with Gasteiger partial charge in [0.05, 0.1) is 10.6 Å². The number of piperazine rings is 1. The Bertz CT molecular complexity index is 890. The van der Waals surface area contributed by atoms with Gasteiger partial charge < -0.3 is 10.2 Å². The van der Waals surface area contributed by atoms with Crippen LogP contribution in [0.25, 0.3) is 0 Å². The summed E-state index contributed by atoms with van der Waals surface area (Å²) >= 11 is 0. The molecule has 28 heavy (non-hydrogen) atoms. The van der Waals surface area contributed by atoms with Crippen LogP contribution in [-0.4, -0.2) is 63.1 Å². The highest BCUT2D eigenvalue weighted by Crippen LogP contribution is 2.24. The maximum Gasteiger partial charge on any atom is 0.246 e. The van der Waals surface area contributed by atoms with Crippen molar-refractivity contribution in [3.8, 4) is 0 Å². The van der Waals surface area contributed by atoms with E-state index in [1.807, 2.05) is 30.3 Å². The smallest absolute Gasteiger partial charge is 0.246 e. The minimum absolute atomic E-state index is 0.0538. The van der Waals surface area contributed by atoms with Crippen molar-refractivity contribution in [1.82, 2.24) is 9.80 Å². The Morgan fingerprint density at radius 2 is 1.61 bits per heavy atom. The molecule has 2 aromatic rings. The minimum atomic E-state index is -3.25. The zero-order chi connectivity index (χ0) is 20.1. The van der Waals surface area contributed by atoms with E-state index < -0.39 is 9.84 Å². The van der Waals surface area contributed by atoms with Gasteiger partial charge in [-0.25, -0.2) is 8.42 Å². The van der Waals surface area contributed by atoms with Crippen LogP contribution in [-0.2, 0) is 14.6 Å². The van der Waals surface area contributed by atoms with Gasteiger partial charge >= 0.3 is 0 Å². The molecule has 0 aromatic heterocycles. The van der Waals surface area contributed by atoms with E-state index in [1.165, 1.54) is 0 Å². The maximum atomic E-state index is 13.1. The predicted octanol–water partition coefficient (Wildman–Crippen LogP) is 2.41. The molecule has 1 saturated heterocycles. The fourth-order valence-corrected chi connectivity index (χ4v) is 4.25. The van der Waals surface area contributed by atoms with E-state index in [0.717, 1.165) is 31.7 Å². The first kappa shape index (κ1) is 20.5. The number of hydrogen-bond donors (Lipinski definition) is 1. The van der Waals surface area contributed by atoms with Crippen LogP contribution in [0.15, 0.2) is 59.5 Å². The van der Waals surface area contributed by atoms with Gasteiger partial charge in [-0.3, -0.25) is 9.69 Å². The summed E-state index contributed by atoms with van der Waals surface area (Å²) in [6, 6.07) is 15.8. The number of likely N-dealkylation sites (N-methyl/N-ethyl adjacent to an activating group) is 1. The molecule has 7 heteroatoms. The molecular weight excluding hydrogens is 374 g/mol. The zero-order valence-corrected chi connectivity index (χ0v) is 17.2. The molecule has 0 bridgehead atoms. The highest BCUT2D eigenvalue weighted by molar-refractivity contribution is 7.91. The van der Waals surface area contributed by atoms with Crippen LogP contribution in [0.4, 0.5) is 5.69 Å². The number of anilines is 1. The van der Waals surface area contributed by atoms with E-state index in [2.05, 4.69) is 22.2 Å². The molecule has 1 amide bonds. The molecule has 0 radical (unpaired) electrons. The third-order valence-corrected chi connectivity index (χ3v) is 6.88. The van der Waals surface area contributed by atoms with E-state index in [0.29, 0.717) is 5.69 Å². The highest BCUT2D eigenvalue weighted by atomic mass is 32.2. The number of rotatable bonds is 6. The quantitative estimate of drug-likeness (QED) is 0.805. The third-order valence-electron chi connectivity index (χ3n) is 5.13. The number of sulfone groups is 1. The van der Waals surface area contributed by atoms with Gasteiger partial charge in [-0.15, -0.1) is 0 Å². The Morgan fingerprint density at radius 1 is 1.00 bits per heavy atom. The fraction of sp³-hybridized carbons (Fsp3) is 0.381. The van der Waals surface area contributed by atoms with Gasteiger partial charge in [0, 0.05) is 31.9 Å². The molecule has 0 saturated carbocycles. The Morgan fingerprint density at radius 3 is 2.18 bits per heavy atom. The van der Waals surface area contributed by atoms with Crippen LogP contribution in [0, 0.1) is 0 Å². The molecule has 1 unspecified atom stereocenters. The molecule has 1 aliphatic heterocycles. The first-order valence-corrected chi connectivity index (χ1v) is 11.2. The lowest BCUT2D eigenvalue weighted by atomic mass is 10.0. The Labute approximate surface area is 167 Å². The molecule has 0 spiro atoms. The number of nitrogens with zero attached hydrogens (tertiary/aromatic N) is 2. The fourth-order valence-electron chi connectivity index (χ4n) is 3.37. The standard InChI is InChI=1S/C21H27N3O3S/c1-3-28(26,27)19-11-9-18(10-12-19)22-21(25)20(17-7-5-4-6-8-17)24-15-13-23(2)14-16-24/h4-12,20H,3,13-16H2,1-2H3,(H,22,25). The zero-order valence-electron chi connectivity index (χ0n) is 16.3. The molecule has 1 atom stereocenters. The summed E-state index contributed by atoms with van der Waals surface area (Å²) in [5.41, 5.74) is 1.55. The lowest BCUT2D eigenvalue weighted by Crippen LogP contribution is -2.48. The summed E-state index contributed by atoms with van der Waals surface area (Å²) in [5, 5.41) is 2.96. The molecule has 6 nitrogen and oxygen atoms in total. The van der Waals surface area contributed by atoms with Crippen LogP contribution in [0.5, 0.6) is 0 Å². The van der Waals surface area contributed by atoms with Crippen molar-refractivity contribution in [3.05, 3.63) is 60.2 Å². The molecule has 1 aliphatic rings. The number of carbonyl (C=O) groups is 1. The summed E-state index contributed by atoms with van der Waals surface area (Å²) in [4.78, 5) is 17.9. The van der Waals surface area contributed by atoms with Gasteiger partial charge in [-0.2, -0.15) is 0 Å². The first-order chi connectivity index (χ1) is 13.4. The second-order valence-corrected chi connectivity index (χ2v) is 9.35. The molecule has 0 aliphatic carbocycles. The Hall–Kier alpha value is -2.22. The highest BCUT2D eigenvalue weighted by Gasteiger charge is 2.29. The summed E-state index contributed by atoms with van der Waals surface area (Å²) in [5.74, 6) is -0.0556. The number of nitrogens with one attached hydrogen (secondary N) is 1. The summed E-state index contributed by atoms with van der Waals surface area (Å²) in [6.07, 6.45) is 0. The van der Waals surface area contributed by atoms with Crippen LogP contribution in [0.2, 0.25) is 0 Å². The SMILES string of the molecule is CCS(=O)(=O)c1ccc(NC(=O)C(c2ccccc2)N2CCN(C)CC2)cc1. The number of amides is 1. The average molecular weight is 402 g/mol. The topological polar surface area (TPSA) is 69.7 Å².